The number of nitrogens with two attached hydrogens (primary N) is 4. The number of carbonyl (C=O) groups excluding carboxylic acids is 4. The number of allylic oxidation sites excluding steroid dienone is 4. The first kappa shape index (κ1) is 24.8. The van der Waals surface area contributed by atoms with Crippen molar-refractivity contribution < 1.29 is 19.2 Å². The molecule has 0 aliphatic carbocycles. The number of primary amides is 4. The Hall–Kier alpha value is -3.16. The topological polar surface area (TPSA) is 172 Å². The average molecular weight is 390 g/mol. The molecule has 0 radical (unpaired) electrons. The third-order valence-electron chi connectivity index (χ3n) is 5.42. The quantitative estimate of drug-likeness (QED) is 0.237. The van der Waals surface area contributed by atoms with Gasteiger partial charge >= 0.3 is 0 Å². The Kier molecular flexibility index (Phi) is 8.59. The lowest BCUT2D eigenvalue weighted by molar-refractivity contribution is -0.177. The van der Waals surface area contributed by atoms with E-state index < -0.39 is 39.9 Å². The van der Waals surface area contributed by atoms with Crippen LogP contribution in [-0.2, 0) is 19.2 Å². The second kappa shape index (κ2) is 9.68. The van der Waals surface area contributed by atoms with E-state index in [2.05, 4.69) is 26.3 Å². The second-order valence-corrected chi connectivity index (χ2v) is 6.70. The molecule has 8 N–H and O–H groups in total. The lowest BCUT2D eigenvalue weighted by Crippen LogP contribution is -2.73. The zero-order valence-corrected chi connectivity index (χ0v) is 16.1. The fourth-order valence-corrected chi connectivity index (χ4v) is 4.31. The Balaban J connectivity index is 7.73. The van der Waals surface area contributed by atoms with Crippen LogP contribution >= 0.6 is 0 Å². The van der Waals surface area contributed by atoms with Gasteiger partial charge in [0.15, 0.2) is 0 Å². The van der Waals surface area contributed by atoms with E-state index in [0.29, 0.717) is 6.42 Å². The minimum absolute atomic E-state index is 0.0826. The number of carbonyl (C=O) groups is 4. The third-order valence-corrected chi connectivity index (χ3v) is 5.42. The lowest BCUT2D eigenvalue weighted by atomic mass is 9.44. The van der Waals surface area contributed by atoms with Gasteiger partial charge in [0.1, 0.15) is 0 Å². The molecule has 0 bridgehead atoms. The SMILES string of the molecule is C=CCCC(CC=C)(CC=C)C(CC=C)(C(N)=O)C(C(N)=O)(C(N)=O)C(N)=O. The molecule has 0 fully saturated rings. The van der Waals surface area contributed by atoms with Crippen LogP contribution < -0.4 is 22.9 Å². The van der Waals surface area contributed by atoms with Crippen LogP contribution in [0.2, 0.25) is 0 Å². The predicted octanol–water partition coefficient (Wildman–Crippen LogP) is 0.581. The summed E-state index contributed by atoms with van der Waals surface area (Å²) in [4.78, 5) is 50.7. The van der Waals surface area contributed by atoms with Crippen molar-refractivity contribution in [1.29, 1.82) is 0 Å². The maximum absolute atomic E-state index is 13.0. The van der Waals surface area contributed by atoms with Gasteiger partial charge in [0.2, 0.25) is 29.0 Å². The number of amides is 4. The van der Waals surface area contributed by atoms with Crippen LogP contribution in [-0.4, -0.2) is 23.6 Å². The molecule has 0 saturated carbocycles. The molecule has 1 unspecified atom stereocenters. The molecule has 1 atom stereocenters. The van der Waals surface area contributed by atoms with Gasteiger partial charge < -0.3 is 22.9 Å². The summed E-state index contributed by atoms with van der Waals surface area (Å²) in [5, 5.41) is 0. The summed E-state index contributed by atoms with van der Waals surface area (Å²) in [5.41, 5.74) is 15.9. The van der Waals surface area contributed by atoms with E-state index in [4.69, 9.17) is 22.9 Å². The Morgan fingerprint density at radius 2 is 1.04 bits per heavy atom. The smallest absolute Gasteiger partial charge is 0.243 e. The van der Waals surface area contributed by atoms with Gasteiger partial charge in [-0.25, -0.2) is 0 Å². The minimum Gasteiger partial charge on any atom is -0.369 e. The number of hydrogen-bond acceptors (Lipinski definition) is 4. The summed E-state index contributed by atoms with van der Waals surface area (Å²) < 4.78 is 0. The first-order valence-electron chi connectivity index (χ1n) is 8.65. The molecular formula is C20H30N4O4. The van der Waals surface area contributed by atoms with Crippen LogP contribution in [0.4, 0.5) is 0 Å². The summed E-state index contributed by atoms with van der Waals surface area (Å²) in [6.45, 7) is 14.7. The first-order valence-corrected chi connectivity index (χ1v) is 8.65. The monoisotopic (exact) mass is 390 g/mol. The zero-order valence-electron chi connectivity index (χ0n) is 16.1. The minimum atomic E-state index is -2.89. The largest absolute Gasteiger partial charge is 0.369 e. The molecule has 0 aromatic rings. The molecule has 0 heterocycles. The van der Waals surface area contributed by atoms with Crippen molar-refractivity contribution >= 4 is 23.6 Å². The van der Waals surface area contributed by atoms with Gasteiger partial charge in [-0.1, -0.05) is 24.3 Å². The molecule has 0 spiro atoms. The van der Waals surface area contributed by atoms with Crippen molar-refractivity contribution in [2.45, 2.75) is 32.1 Å². The van der Waals surface area contributed by atoms with E-state index >= 15 is 0 Å². The maximum atomic E-state index is 13.0. The normalized spacial score (nSPS) is 13.6. The summed E-state index contributed by atoms with van der Waals surface area (Å²) in [5.74, 6) is -5.49. The molecule has 0 rings (SSSR count). The Bertz CT molecular complexity index is 652. The zero-order chi connectivity index (χ0) is 22.2. The highest BCUT2D eigenvalue weighted by molar-refractivity contribution is 6.25. The second-order valence-electron chi connectivity index (χ2n) is 6.70. The van der Waals surface area contributed by atoms with E-state index in [9.17, 15) is 19.2 Å². The van der Waals surface area contributed by atoms with Gasteiger partial charge in [-0.3, -0.25) is 19.2 Å². The van der Waals surface area contributed by atoms with Crippen LogP contribution in [0.1, 0.15) is 32.1 Å². The van der Waals surface area contributed by atoms with E-state index in [0.717, 1.165) is 0 Å². The van der Waals surface area contributed by atoms with Gasteiger partial charge in [-0.15, -0.1) is 26.3 Å². The van der Waals surface area contributed by atoms with Gasteiger partial charge in [-0.05, 0) is 37.5 Å². The highest BCUT2D eigenvalue weighted by atomic mass is 16.2. The van der Waals surface area contributed by atoms with Gasteiger partial charge in [0, 0.05) is 0 Å². The van der Waals surface area contributed by atoms with Gasteiger partial charge in [-0.2, -0.15) is 0 Å². The van der Waals surface area contributed by atoms with E-state index in [-0.39, 0.29) is 25.7 Å². The van der Waals surface area contributed by atoms with Crippen LogP contribution in [0.25, 0.3) is 0 Å². The van der Waals surface area contributed by atoms with Gasteiger partial charge in [0.05, 0.1) is 5.41 Å². The Labute approximate surface area is 165 Å². The first-order chi connectivity index (χ1) is 13.0. The van der Waals surface area contributed by atoms with Crippen molar-refractivity contribution in [3.05, 3.63) is 50.6 Å². The van der Waals surface area contributed by atoms with Crippen LogP contribution in [0.3, 0.4) is 0 Å². The summed E-state index contributed by atoms with van der Waals surface area (Å²) in [6, 6.07) is 0. The highest BCUT2D eigenvalue weighted by Crippen LogP contribution is 2.60. The predicted molar refractivity (Wildman–Crippen MR) is 108 cm³/mol. The molecule has 0 aromatic carbocycles. The van der Waals surface area contributed by atoms with Crippen molar-refractivity contribution in [1.82, 2.24) is 0 Å². The van der Waals surface area contributed by atoms with Crippen LogP contribution in [0.15, 0.2) is 50.6 Å². The molecule has 0 saturated heterocycles. The third kappa shape index (κ3) is 3.49. The van der Waals surface area contributed by atoms with Crippen molar-refractivity contribution in [2.24, 2.45) is 39.2 Å². The molecule has 154 valence electrons. The Morgan fingerprint density at radius 1 is 0.643 bits per heavy atom. The summed E-state index contributed by atoms with van der Waals surface area (Å²) in [7, 11) is 0. The molecule has 0 aliphatic heterocycles. The van der Waals surface area contributed by atoms with Crippen molar-refractivity contribution in [3.63, 3.8) is 0 Å². The Morgan fingerprint density at radius 3 is 1.29 bits per heavy atom. The molecule has 0 aromatic heterocycles. The lowest BCUT2D eigenvalue weighted by Gasteiger charge is -2.54. The maximum Gasteiger partial charge on any atom is 0.243 e. The van der Waals surface area contributed by atoms with Crippen LogP contribution in [0.5, 0.6) is 0 Å². The molecule has 4 amide bonds. The van der Waals surface area contributed by atoms with Crippen LogP contribution in [0, 0.1) is 16.2 Å². The average Bonchev–Trinajstić information content (AvgIpc) is 2.58. The highest BCUT2D eigenvalue weighted by Gasteiger charge is 2.73. The summed E-state index contributed by atoms with van der Waals surface area (Å²) in [6.07, 6.45) is 6.20. The molecular weight excluding hydrogens is 360 g/mol. The van der Waals surface area contributed by atoms with E-state index in [1.165, 1.54) is 18.2 Å². The number of rotatable bonds is 15. The summed E-state index contributed by atoms with van der Waals surface area (Å²) >= 11 is 0. The fourth-order valence-electron chi connectivity index (χ4n) is 4.31. The molecule has 0 aliphatic rings. The van der Waals surface area contributed by atoms with Gasteiger partial charge in [0.25, 0.3) is 0 Å². The van der Waals surface area contributed by atoms with E-state index in [1.807, 2.05) is 0 Å². The molecule has 8 nitrogen and oxygen atoms in total. The number of hydrogen-bond donors (Lipinski definition) is 4. The molecule has 8 heteroatoms. The van der Waals surface area contributed by atoms with E-state index in [1.54, 1.807) is 6.08 Å². The standard InChI is InChI=1S/C20H30N4O4/c1-5-9-13-18(10-6-2,11-7-3)19(12-8-4,14(21)25)20(15(22)26,16(23)27)17(24)28/h5-8H,1-4,9-13H2,(H2,21,25)(H2,22,26)(H2,23,27)(H2,24,28). The molecule has 28 heavy (non-hydrogen) atoms. The van der Waals surface area contributed by atoms with Crippen molar-refractivity contribution in [2.75, 3.05) is 0 Å². The van der Waals surface area contributed by atoms with Crippen molar-refractivity contribution in [3.8, 4) is 0 Å². The fraction of sp³-hybridized carbons (Fsp3) is 0.400.